The van der Waals surface area contributed by atoms with Gasteiger partial charge in [-0.3, -0.25) is 4.98 Å². The SMILES string of the molecule is Clc1cc(Cl)c2nc3c(c(NC4CC4)c2c1Cl)COCC3. The molecule has 4 rings (SSSR count). The number of rotatable bonds is 2. The van der Waals surface area contributed by atoms with Crippen LogP contribution in [0.2, 0.25) is 15.1 Å². The van der Waals surface area contributed by atoms with Crippen LogP contribution < -0.4 is 5.32 Å². The normalized spacial score (nSPS) is 17.9. The number of nitrogens with one attached hydrogen (secondary N) is 1. The summed E-state index contributed by atoms with van der Waals surface area (Å²) in [5.74, 6) is 0. The maximum absolute atomic E-state index is 6.44. The van der Waals surface area contributed by atoms with E-state index in [0.717, 1.165) is 34.3 Å². The van der Waals surface area contributed by atoms with Crippen LogP contribution in [0, 0.1) is 0 Å². The Morgan fingerprint density at radius 2 is 2.00 bits per heavy atom. The molecule has 1 N–H and O–H groups in total. The van der Waals surface area contributed by atoms with E-state index in [0.29, 0.717) is 34.3 Å². The molecule has 1 aliphatic carbocycles. The molecule has 2 aliphatic rings. The molecule has 1 saturated carbocycles. The van der Waals surface area contributed by atoms with Crippen molar-refractivity contribution in [3.8, 4) is 0 Å². The van der Waals surface area contributed by atoms with E-state index in [9.17, 15) is 0 Å². The highest BCUT2D eigenvalue weighted by molar-refractivity contribution is 6.48. The number of hydrogen-bond donors (Lipinski definition) is 1. The van der Waals surface area contributed by atoms with Gasteiger partial charge in [0.2, 0.25) is 0 Å². The molecule has 1 fully saturated rings. The van der Waals surface area contributed by atoms with Gasteiger partial charge in [0.1, 0.15) is 0 Å². The summed E-state index contributed by atoms with van der Waals surface area (Å²) in [6.07, 6.45) is 3.14. The number of ether oxygens (including phenoxy) is 1. The van der Waals surface area contributed by atoms with E-state index in [4.69, 9.17) is 44.5 Å². The predicted molar refractivity (Wildman–Crippen MR) is 86.8 cm³/mol. The van der Waals surface area contributed by atoms with Crippen molar-refractivity contribution in [3.05, 3.63) is 32.4 Å². The van der Waals surface area contributed by atoms with Gasteiger partial charge in [-0.05, 0) is 18.9 Å². The first-order valence-corrected chi connectivity index (χ1v) is 8.12. The largest absolute Gasteiger partial charge is 0.381 e. The van der Waals surface area contributed by atoms with Crippen LogP contribution in [0.15, 0.2) is 6.07 Å². The van der Waals surface area contributed by atoms with Crippen LogP contribution in [0.4, 0.5) is 5.69 Å². The zero-order valence-electron chi connectivity index (χ0n) is 11.2. The fraction of sp³-hybridized carbons (Fsp3) is 0.400. The monoisotopic (exact) mass is 342 g/mol. The Labute approximate surface area is 137 Å². The minimum Gasteiger partial charge on any atom is -0.381 e. The number of pyridine rings is 1. The van der Waals surface area contributed by atoms with Crippen LogP contribution in [0.1, 0.15) is 24.1 Å². The van der Waals surface area contributed by atoms with Gasteiger partial charge in [0, 0.05) is 23.4 Å². The summed E-state index contributed by atoms with van der Waals surface area (Å²) in [6, 6.07) is 2.16. The number of anilines is 1. The van der Waals surface area contributed by atoms with Gasteiger partial charge in [0.25, 0.3) is 0 Å². The van der Waals surface area contributed by atoms with Crippen molar-refractivity contribution in [1.29, 1.82) is 0 Å². The van der Waals surface area contributed by atoms with Crippen LogP contribution in [-0.4, -0.2) is 17.6 Å². The zero-order valence-corrected chi connectivity index (χ0v) is 13.4. The molecule has 0 unspecified atom stereocenters. The van der Waals surface area contributed by atoms with Gasteiger partial charge in [0.15, 0.2) is 0 Å². The molecule has 1 aromatic carbocycles. The van der Waals surface area contributed by atoms with E-state index in [1.165, 1.54) is 12.8 Å². The van der Waals surface area contributed by atoms with Crippen LogP contribution >= 0.6 is 34.8 Å². The van der Waals surface area contributed by atoms with Gasteiger partial charge in [0.05, 0.1) is 45.2 Å². The van der Waals surface area contributed by atoms with Gasteiger partial charge in [-0.25, -0.2) is 0 Å². The molecule has 0 amide bonds. The lowest BCUT2D eigenvalue weighted by Crippen LogP contribution is -2.16. The molecule has 110 valence electrons. The molecule has 1 aliphatic heterocycles. The van der Waals surface area contributed by atoms with E-state index in [-0.39, 0.29) is 0 Å². The second-order valence-corrected chi connectivity index (χ2v) is 6.70. The maximum Gasteiger partial charge on any atom is 0.0928 e. The first-order valence-electron chi connectivity index (χ1n) is 6.98. The van der Waals surface area contributed by atoms with Crippen molar-refractivity contribution < 1.29 is 4.74 Å². The first-order chi connectivity index (χ1) is 10.1. The third kappa shape index (κ3) is 2.36. The van der Waals surface area contributed by atoms with Crippen molar-refractivity contribution in [2.75, 3.05) is 11.9 Å². The molecule has 0 spiro atoms. The van der Waals surface area contributed by atoms with Crippen LogP contribution in [0.25, 0.3) is 10.9 Å². The number of aromatic nitrogens is 1. The Morgan fingerprint density at radius 1 is 1.19 bits per heavy atom. The molecular weight excluding hydrogens is 331 g/mol. The van der Waals surface area contributed by atoms with Crippen molar-refractivity contribution >= 4 is 51.4 Å². The topological polar surface area (TPSA) is 34.2 Å². The summed E-state index contributed by atoms with van der Waals surface area (Å²) >= 11 is 19.0. The quantitative estimate of drug-likeness (QED) is 0.792. The van der Waals surface area contributed by atoms with E-state index in [1.54, 1.807) is 6.07 Å². The Bertz CT molecular complexity index is 744. The van der Waals surface area contributed by atoms with Gasteiger partial charge in [-0.1, -0.05) is 34.8 Å². The van der Waals surface area contributed by atoms with Gasteiger partial charge in [-0.2, -0.15) is 0 Å². The van der Waals surface area contributed by atoms with Crippen LogP contribution in [0.3, 0.4) is 0 Å². The highest BCUT2D eigenvalue weighted by Crippen LogP contribution is 2.43. The lowest BCUT2D eigenvalue weighted by molar-refractivity contribution is 0.110. The standard InChI is InChI=1S/C15H13Cl3N2O/c16-9-5-10(17)15-12(13(9)18)14(19-7-1-2-7)8-6-21-4-3-11(8)20-15/h5,7H,1-4,6H2,(H,19,20). The number of hydrogen-bond acceptors (Lipinski definition) is 3. The zero-order chi connectivity index (χ0) is 14.6. The van der Waals surface area contributed by atoms with Crippen molar-refractivity contribution in [2.45, 2.75) is 31.9 Å². The van der Waals surface area contributed by atoms with E-state index in [1.807, 2.05) is 0 Å². The number of benzene rings is 1. The molecule has 3 nitrogen and oxygen atoms in total. The number of nitrogens with zero attached hydrogens (tertiary/aromatic N) is 1. The lowest BCUT2D eigenvalue weighted by Gasteiger charge is -2.23. The van der Waals surface area contributed by atoms with Gasteiger partial charge < -0.3 is 10.1 Å². The van der Waals surface area contributed by atoms with E-state index < -0.39 is 0 Å². The molecule has 0 saturated heterocycles. The third-order valence-corrected chi connectivity index (χ3v) is 5.02. The Hall–Kier alpha value is -0.740. The van der Waals surface area contributed by atoms with Crippen molar-refractivity contribution in [3.63, 3.8) is 0 Å². The number of halogens is 3. The summed E-state index contributed by atoms with van der Waals surface area (Å²) in [6.45, 7) is 1.24. The summed E-state index contributed by atoms with van der Waals surface area (Å²) in [5.41, 5.74) is 3.83. The molecule has 2 aromatic rings. The highest BCUT2D eigenvalue weighted by atomic mass is 35.5. The fourth-order valence-electron chi connectivity index (χ4n) is 2.72. The molecule has 0 bridgehead atoms. The maximum atomic E-state index is 6.44. The fourth-order valence-corrected chi connectivity index (χ4v) is 3.46. The molecule has 2 heterocycles. The molecule has 6 heteroatoms. The average molecular weight is 344 g/mol. The smallest absolute Gasteiger partial charge is 0.0928 e. The minimum absolute atomic E-state index is 0.450. The molecule has 21 heavy (non-hydrogen) atoms. The summed E-state index contributed by atoms with van der Waals surface area (Å²) in [5, 5.41) is 5.86. The Morgan fingerprint density at radius 3 is 2.76 bits per heavy atom. The van der Waals surface area contributed by atoms with Crippen molar-refractivity contribution in [2.24, 2.45) is 0 Å². The second kappa shape index (κ2) is 5.17. The third-order valence-electron chi connectivity index (χ3n) is 3.95. The highest BCUT2D eigenvalue weighted by Gasteiger charge is 2.27. The first kappa shape index (κ1) is 13.9. The van der Waals surface area contributed by atoms with Gasteiger partial charge >= 0.3 is 0 Å². The molecular formula is C15H13Cl3N2O. The molecule has 1 aromatic heterocycles. The predicted octanol–water partition coefficient (Wildman–Crippen LogP) is 4.84. The van der Waals surface area contributed by atoms with Crippen LogP contribution in [-0.2, 0) is 17.8 Å². The van der Waals surface area contributed by atoms with Gasteiger partial charge in [-0.15, -0.1) is 0 Å². The van der Waals surface area contributed by atoms with Crippen LogP contribution in [0.5, 0.6) is 0 Å². The van der Waals surface area contributed by atoms with E-state index >= 15 is 0 Å². The average Bonchev–Trinajstić information content (AvgIpc) is 3.28. The minimum atomic E-state index is 0.450. The second-order valence-electron chi connectivity index (χ2n) is 5.51. The summed E-state index contributed by atoms with van der Waals surface area (Å²) in [4.78, 5) is 4.71. The number of fused-ring (bicyclic) bond motifs is 2. The Kier molecular flexibility index (Phi) is 3.42. The summed E-state index contributed by atoms with van der Waals surface area (Å²) in [7, 11) is 0. The lowest BCUT2D eigenvalue weighted by atomic mass is 10.0. The molecule has 0 radical (unpaired) electrons. The van der Waals surface area contributed by atoms with Crippen molar-refractivity contribution in [1.82, 2.24) is 4.98 Å². The Balaban J connectivity index is 2.06. The molecule has 0 atom stereocenters. The summed E-state index contributed by atoms with van der Waals surface area (Å²) < 4.78 is 5.60. The van der Waals surface area contributed by atoms with E-state index in [2.05, 4.69) is 5.32 Å².